The number of hydrogen-bond acceptors (Lipinski definition) is 4. The van der Waals surface area contributed by atoms with Gasteiger partial charge in [0.15, 0.2) is 5.75 Å². The van der Waals surface area contributed by atoms with Gasteiger partial charge >= 0.3 is 6.36 Å². The highest BCUT2D eigenvalue weighted by molar-refractivity contribution is 5.40. The molecule has 1 rings (SSSR count). The maximum absolute atomic E-state index is 12.3. The standard InChI is InChI=1S/C9H5F5N2O2/c10-8(11)7-5(17)3-6(18-9(12,13)14)4(16-7)1-2-15/h3,8,17H,1H2. The van der Waals surface area contributed by atoms with Gasteiger partial charge in [-0.1, -0.05) is 0 Å². The van der Waals surface area contributed by atoms with E-state index in [0.29, 0.717) is 6.07 Å². The summed E-state index contributed by atoms with van der Waals surface area (Å²) in [5.41, 5.74) is -1.72. The molecule has 0 atom stereocenters. The van der Waals surface area contributed by atoms with E-state index >= 15 is 0 Å². The molecule has 1 N–H and O–H groups in total. The Kier molecular flexibility index (Phi) is 3.90. The first-order chi connectivity index (χ1) is 8.24. The van der Waals surface area contributed by atoms with Crippen LogP contribution in [-0.4, -0.2) is 16.5 Å². The van der Waals surface area contributed by atoms with Crippen LogP contribution in [-0.2, 0) is 6.42 Å². The molecule has 0 saturated carbocycles. The smallest absolute Gasteiger partial charge is 0.506 e. The number of aromatic nitrogens is 1. The van der Waals surface area contributed by atoms with Crippen molar-refractivity contribution in [2.45, 2.75) is 19.2 Å². The molecular formula is C9H5F5N2O2. The summed E-state index contributed by atoms with van der Waals surface area (Å²) in [7, 11) is 0. The highest BCUT2D eigenvalue weighted by Crippen LogP contribution is 2.34. The third-order valence-electron chi connectivity index (χ3n) is 1.75. The molecule has 0 amide bonds. The zero-order chi connectivity index (χ0) is 13.9. The SMILES string of the molecule is N#CCc1nc(C(F)F)c(O)cc1OC(F)(F)F. The van der Waals surface area contributed by atoms with Crippen molar-refractivity contribution in [3.8, 4) is 17.6 Å². The van der Waals surface area contributed by atoms with Gasteiger partial charge in [-0.25, -0.2) is 13.8 Å². The van der Waals surface area contributed by atoms with Gasteiger partial charge < -0.3 is 9.84 Å². The van der Waals surface area contributed by atoms with Gasteiger partial charge in [0.2, 0.25) is 0 Å². The Morgan fingerprint density at radius 3 is 2.50 bits per heavy atom. The molecule has 0 aliphatic carbocycles. The molecule has 1 heterocycles. The average molecular weight is 268 g/mol. The average Bonchev–Trinajstić information content (AvgIpc) is 2.19. The maximum Gasteiger partial charge on any atom is 0.573 e. The number of nitrogens with zero attached hydrogens (tertiary/aromatic N) is 2. The number of ether oxygens (including phenoxy) is 1. The molecular weight excluding hydrogens is 263 g/mol. The highest BCUT2D eigenvalue weighted by atomic mass is 19.4. The number of pyridine rings is 1. The van der Waals surface area contributed by atoms with Crippen LogP contribution >= 0.6 is 0 Å². The van der Waals surface area contributed by atoms with Crippen LogP contribution in [0.1, 0.15) is 17.8 Å². The van der Waals surface area contributed by atoms with Crippen molar-refractivity contribution in [2.24, 2.45) is 0 Å². The second-order valence-corrected chi connectivity index (χ2v) is 3.02. The van der Waals surface area contributed by atoms with Crippen molar-refractivity contribution in [1.29, 1.82) is 5.26 Å². The van der Waals surface area contributed by atoms with Gasteiger partial charge in [0.25, 0.3) is 6.43 Å². The first kappa shape index (κ1) is 14.0. The lowest BCUT2D eigenvalue weighted by molar-refractivity contribution is -0.275. The Morgan fingerprint density at radius 2 is 2.06 bits per heavy atom. The van der Waals surface area contributed by atoms with Crippen LogP contribution in [0.25, 0.3) is 0 Å². The van der Waals surface area contributed by atoms with E-state index < -0.39 is 42.1 Å². The fraction of sp³-hybridized carbons (Fsp3) is 0.333. The summed E-state index contributed by atoms with van der Waals surface area (Å²) < 4.78 is 64.2. The van der Waals surface area contributed by atoms with Gasteiger partial charge in [-0.2, -0.15) is 5.26 Å². The molecule has 18 heavy (non-hydrogen) atoms. The minimum absolute atomic E-state index is 0.356. The zero-order valence-electron chi connectivity index (χ0n) is 8.50. The van der Waals surface area contributed by atoms with E-state index in [4.69, 9.17) is 10.4 Å². The van der Waals surface area contributed by atoms with Crippen LogP contribution in [0.2, 0.25) is 0 Å². The second-order valence-electron chi connectivity index (χ2n) is 3.02. The van der Waals surface area contributed by atoms with Crippen molar-refractivity contribution in [2.75, 3.05) is 0 Å². The van der Waals surface area contributed by atoms with Gasteiger partial charge in [-0.05, 0) is 0 Å². The highest BCUT2D eigenvalue weighted by Gasteiger charge is 2.33. The van der Waals surface area contributed by atoms with Gasteiger partial charge in [0, 0.05) is 6.07 Å². The minimum Gasteiger partial charge on any atom is -0.506 e. The maximum atomic E-state index is 12.3. The van der Waals surface area contributed by atoms with Crippen molar-refractivity contribution in [3.63, 3.8) is 0 Å². The van der Waals surface area contributed by atoms with Crippen LogP contribution in [0.15, 0.2) is 6.07 Å². The lowest BCUT2D eigenvalue weighted by atomic mass is 10.2. The summed E-state index contributed by atoms with van der Waals surface area (Å²) in [6.07, 6.45) is -8.92. The van der Waals surface area contributed by atoms with Crippen LogP contribution in [0.5, 0.6) is 11.5 Å². The Hall–Kier alpha value is -2.11. The predicted molar refractivity (Wildman–Crippen MR) is 46.9 cm³/mol. The summed E-state index contributed by atoms with van der Waals surface area (Å²) in [4.78, 5) is 3.10. The van der Waals surface area contributed by atoms with Gasteiger partial charge in [-0.15, -0.1) is 13.2 Å². The van der Waals surface area contributed by atoms with Crippen LogP contribution < -0.4 is 4.74 Å². The topological polar surface area (TPSA) is 66.1 Å². The summed E-state index contributed by atoms with van der Waals surface area (Å²) in [5, 5.41) is 17.4. The number of aromatic hydroxyl groups is 1. The normalized spacial score (nSPS) is 11.4. The van der Waals surface area contributed by atoms with Gasteiger partial charge in [-0.3, -0.25) is 0 Å². The molecule has 0 aliphatic rings. The zero-order valence-corrected chi connectivity index (χ0v) is 8.50. The van der Waals surface area contributed by atoms with E-state index in [1.54, 1.807) is 0 Å². The molecule has 98 valence electrons. The first-order valence-corrected chi connectivity index (χ1v) is 4.38. The monoisotopic (exact) mass is 268 g/mol. The minimum atomic E-state index is -5.08. The summed E-state index contributed by atoms with van der Waals surface area (Å²) in [6, 6.07) is 1.82. The number of rotatable bonds is 3. The molecule has 1 aromatic rings. The lowest BCUT2D eigenvalue weighted by Gasteiger charge is -2.13. The summed E-state index contributed by atoms with van der Waals surface area (Å²) in [5.74, 6) is -2.11. The van der Waals surface area contributed by atoms with E-state index in [9.17, 15) is 22.0 Å². The van der Waals surface area contributed by atoms with Crippen molar-refractivity contribution in [1.82, 2.24) is 4.98 Å². The Bertz CT molecular complexity index is 481. The molecule has 1 aromatic heterocycles. The van der Waals surface area contributed by atoms with Crippen LogP contribution in [0.4, 0.5) is 22.0 Å². The lowest BCUT2D eigenvalue weighted by Crippen LogP contribution is -2.18. The predicted octanol–water partition coefficient (Wildman–Crippen LogP) is 2.69. The largest absolute Gasteiger partial charge is 0.573 e. The molecule has 0 radical (unpaired) electrons. The fourth-order valence-electron chi connectivity index (χ4n) is 1.11. The van der Waals surface area contributed by atoms with Crippen LogP contribution in [0, 0.1) is 11.3 Å². The number of halogens is 5. The molecule has 0 aliphatic heterocycles. The molecule has 0 aromatic carbocycles. The molecule has 9 heteroatoms. The Balaban J connectivity index is 3.25. The van der Waals surface area contributed by atoms with Crippen LogP contribution in [0.3, 0.4) is 0 Å². The van der Waals surface area contributed by atoms with E-state index in [1.165, 1.54) is 6.07 Å². The van der Waals surface area contributed by atoms with Crippen molar-refractivity contribution >= 4 is 0 Å². The molecule has 4 nitrogen and oxygen atoms in total. The Labute approximate surface area is 97.2 Å². The van der Waals surface area contributed by atoms with Crippen molar-refractivity contribution < 1.29 is 31.8 Å². The quantitative estimate of drug-likeness (QED) is 0.856. The number of alkyl halides is 5. The molecule has 0 spiro atoms. The van der Waals surface area contributed by atoms with Gasteiger partial charge in [0.05, 0.1) is 18.2 Å². The van der Waals surface area contributed by atoms with E-state index in [2.05, 4.69) is 9.72 Å². The Morgan fingerprint density at radius 1 is 1.44 bits per heavy atom. The third-order valence-corrected chi connectivity index (χ3v) is 1.75. The second kappa shape index (κ2) is 5.03. The first-order valence-electron chi connectivity index (χ1n) is 4.38. The molecule has 0 bridgehead atoms. The van der Waals surface area contributed by atoms with E-state index in [0.717, 1.165) is 0 Å². The number of nitriles is 1. The van der Waals surface area contributed by atoms with Gasteiger partial charge in [0.1, 0.15) is 11.4 Å². The van der Waals surface area contributed by atoms with E-state index in [1.807, 2.05) is 0 Å². The molecule has 0 saturated heterocycles. The number of hydrogen-bond donors (Lipinski definition) is 1. The fourth-order valence-corrected chi connectivity index (χ4v) is 1.11. The summed E-state index contributed by atoms with van der Waals surface area (Å²) in [6.45, 7) is 0. The third kappa shape index (κ3) is 3.44. The summed E-state index contributed by atoms with van der Waals surface area (Å²) >= 11 is 0. The van der Waals surface area contributed by atoms with Crippen molar-refractivity contribution in [3.05, 3.63) is 17.5 Å². The molecule has 0 fully saturated rings. The molecule has 0 unspecified atom stereocenters. The van der Waals surface area contributed by atoms with E-state index in [-0.39, 0.29) is 0 Å².